The fourth-order valence-electron chi connectivity index (χ4n) is 1.78. The lowest BCUT2D eigenvalue weighted by Gasteiger charge is -2.28. The second-order valence-electron chi connectivity index (χ2n) is 3.62. The van der Waals surface area contributed by atoms with E-state index in [2.05, 4.69) is 15.3 Å². The van der Waals surface area contributed by atoms with Gasteiger partial charge in [-0.1, -0.05) is 0 Å². The summed E-state index contributed by atoms with van der Waals surface area (Å²) in [6, 6.07) is 0. The SMILES string of the molecule is Nc1ncnc([C@@H]2CNCC[C@@H]2O)c1F. The zero-order valence-electron chi connectivity index (χ0n) is 8.15. The number of hydrogen-bond acceptors (Lipinski definition) is 5. The standard InChI is InChI=1S/C9H13FN4O/c10-7-8(13-4-14-9(7)11)5-3-12-2-1-6(5)15/h4-6,12,15H,1-3H2,(H2,11,13,14)/t5-,6+/m1/s1. The number of nitrogen functional groups attached to an aromatic ring is 1. The zero-order chi connectivity index (χ0) is 10.8. The molecule has 5 nitrogen and oxygen atoms in total. The number of nitrogens with two attached hydrogens (primary N) is 1. The molecular formula is C9H13FN4O. The topological polar surface area (TPSA) is 84.1 Å². The molecule has 0 radical (unpaired) electrons. The number of anilines is 1. The Labute approximate surface area is 86.5 Å². The van der Waals surface area contributed by atoms with E-state index in [-0.39, 0.29) is 17.4 Å². The van der Waals surface area contributed by atoms with Crippen LogP contribution in [0.4, 0.5) is 10.2 Å². The molecule has 15 heavy (non-hydrogen) atoms. The molecular weight excluding hydrogens is 199 g/mol. The number of aliphatic hydroxyl groups excluding tert-OH is 1. The molecule has 82 valence electrons. The van der Waals surface area contributed by atoms with Gasteiger partial charge in [-0.05, 0) is 13.0 Å². The Balaban J connectivity index is 2.31. The Kier molecular flexibility index (Phi) is 2.79. The van der Waals surface area contributed by atoms with Crippen molar-refractivity contribution in [3.63, 3.8) is 0 Å². The lowest BCUT2D eigenvalue weighted by Crippen LogP contribution is -2.39. The molecule has 0 amide bonds. The van der Waals surface area contributed by atoms with Crippen molar-refractivity contribution in [2.45, 2.75) is 18.4 Å². The van der Waals surface area contributed by atoms with E-state index < -0.39 is 11.9 Å². The van der Waals surface area contributed by atoms with Gasteiger partial charge in [0.15, 0.2) is 11.6 Å². The third-order valence-electron chi connectivity index (χ3n) is 2.64. The highest BCUT2D eigenvalue weighted by Gasteiger charge is 2.28. The fourth-order valence-corrected chi connectivity index (χ4v) is 1.78. The Bertz CT molecular complexity index is 360. The first-order chi connectivity index (χ1) is 7.20. The molecule has 1 fully saturated rings. The van der Waals surface area contributed by atoms with Crippen molar-refractivity contribution in [2.24, 2.45) is 0 Å². The minimum Gasteiger partial charge on any atom is -0.392 e. The molecule has 1 aromatic rings. The molecule has 0 unspecified atom stereocenters. The van der Waals surface area contributed by atoms with Gasteiger partial charge in [0, 0.05) is 12.5 Å². The van der Waals surface area contributed by atoms with Crippen LogP contribution in [0.3, 0.4) is 0 Å². The van der Waals surface area contributed by atoms with Crippen molar-refractivity contribution >= 4 is 5.82 Å². The lowest BCUT2D eigenvalue weighted by atomic mass is 9.92. The van der Waals surface area contributed by atoms with Gasteiger partial charge >= 0.3 is 0 Å². The summed E-state index contributed by atoms with van der Waals surface area (Å²) in [5, 5.41) is 12.8. The van der Waals surface area contributed by atoms with Crippen LogP contribution in [-0.4, -0.2) is 34.3 Å². The van der Waals surface area contributed by atoms with Gasteiger partial charge in [-0.15, -0.1) is 0 Å². The van der Waals surface area contributed by atoms with Crippen molar-refractivity contribution in [3.8, 4) is 0 Å². The zero-order valence-corrected chi connectivity index (χ0v) is 8.15. The summed E-state index contributed by atoms with van der Waals surface area (Å²) < 4.78 is 13.6. The van der Waals surface area contributed by atoms with Crippen LogP contribution in [0.2, 0.25) is 0 Å². The highest BCUT2D eigenvalue weighted by atomic mass is 19.1. The van der Waals surface area contributed by atoms with Crippen LogP contribution in [0.15, 0.2) is 6.33 Å². The van der Waals surface area contributed by atoms with Gasteiger partial charge in [0.1, 0.15) is 6.33 Å². The third kappa shape index (κ3) is 1.91. The number of hydrogen-bond donors (Lipinski definition) is 3. The first-order valence-corrected chi connectivity index (χ1v) is 4.85. The predicted octanol–water partition coefficient (Wildman–Crippen LogP) is -0.364. The van der Waals surface area contributed by atoms with E-state index in [1.54, 1.807) is 0 Å². The first kappa shape index (κ1) is 10.3. The number of aromatic nitrogens is 2. The summed E-state index contributed by atoms with van der Waals surface area (Å²) in [4.78, 5) is 7.40. The van der Waals surface area contributed by atoms with Crippen LogP contribution in [-0.2, 0) is 0 Å². The van der Waals surface area contributed by atoms with E-state index in [1.807, 2.05) is 0 Å². The molecule has 2 atom stereocenters. The van der Waals surface area contributed by atoms with Crippen LogP contribution in [0, 0.1) is 5.82 Å². The minimum atomic E-state index is -0.620. The van der Waals surface area contributed by atoms with Gasteiger partial charge in [0.05, 0.1) is 11.8 Å². The average molecular weight is 212 g/mol. The number of rotatable bonds is 1. The highest BCUT2D eigenvalue weighted by molar-refractivity contribution is 5.33. The molecule has 0 spiro atoms. The highest BCUT2D eigenvalue weighted by Crippen LogP contribution is 2.25. The Morgan fingerprint density at radius 3 is 3.07 bits per heavy atom. The van der Waals surface area contributed by atoms with Crippen LogP contribution >= 0.6 is 0 Å². The molecule has 6 heteroatoms. The van der Waals surface area contributed by atoms with Gasteiger partial charge in [0.25, 0.3) is 0 Å². The molecule has 1 aliphatic heterocycles. The van der Waals surface area contributed by atoms with E-state index >= 15 is 0 Å². The number of piperidine rings is 1. The summed E-state index contributed by atoms with van der Waals surface area (Å²) in [5.41, 5.74) is 5.54. The van der Waals surface area contributed by atoms with Gasteiger partial charge in [-0.25, -0.2) is 14.4 Å². The molecule has 0 bridgehead atoms. The van der Waals surface area contributed by atoms with E-state index in [4.69, 9.17) is 5.73 Å². The average Bonchev–Trinajstić information content (AvgIpc) is 2.23. The summed E-state index contributed by atoms with van der Waals surface area (Å²) in [5.74, 6) is -1.13. The smallest absolute Gasteiger partial charge is 0.187 e. The van der Waals surface area contributed by atoms with Crippen molar-refractivity contribution in [3.05, 3.63) is 17.8 Å². The molecule has 1 aliphatic rings. The van der Waals surface area contributed by atoms with E-state index in [1.165, 1.54) is 6.33 Å². The largest absolute Gasteiger partial charge is 0.392 e. The summed E-state index contributed by atoms with van der Waals surface area (Å²) in [6.45, 7) is 1.24. The van der Waals surface area contributed by atoms with Crippen molar-refractivity contribution < 1.29 is 9.50 Å². The fraction of sp³-hybridized carbons (Fsp3) is 0.556. The monoisotopic (exact) mass is 212 g/mol. The number of nitrogens with zero attached hydrogens (tertiary/aromatic N) is 2. The van der Waals surface area contributed by atoms with Crippen LogP contribution in [0.5, 0.6) is 0 Å². The summed E-state index contributed by atoms with van der Waals surface area (Å²) >= 11 is 0. The maximum absolute atomic E-state index is 13.6. The first-order valence-electron chi connectivity index (χ1n) is 4.85. The van der Waals surface area contributed by atoms with Crippen LogP contribution in [0.1, 0.15) is 18.0 Å². The van der Waals surface area contributed by atoms with E-state index in [0.717, 1.165) is 6.54 Å². The number of aliphatic hydroxyl groups is 1. The molecule has 0 aromatic carbocycles. The molecule has 2 heterocycles. The summed E-state index contributed by atoms with van der Waals surface area (Å²) in [6.07, 6.45) is 1.23. The quantitative estimate of drug-likeness (QED) is 0.592. The van der Waals surface area contributed by atoms with Gasteiger partial charge in [-0.3, -0.25) is 0 Å². The number of halogens is 1. The normalized spacial score (nSPS) is 26.5. The summed E-state index contributed by atoms with van der Waals surface area (Å²) in [7, 11) is 0. The van der Waals surface area contributed by atoms with Gasteiger partial charge in [-0.2, -0.15) is 0 Å². The Morgan fingerprint density at radius 1 is 1.53 bits per heavy atom. The van der Waals surface area contributed by atoms with E-state index in [0.29, 0.717) is 13.0 Å². The molecule has 4 N–H and O–H groups in total. The van der Waals surface area contributed by atoms with Crippen molar-refractivity contribution in [1.29, 1.82) is 0 Å². The Hall–Kier alpha value is -1.27. The maximum Gasteiger partial charge on any atom is 0.187 e. The third-order valence-corrected chi connectivity index (χ3v) is 2.64. The van der Waals surface area contributed by atoms with Gasteiger partial charge < -0.3 is 16.2 Å². The predicted molar refractivity (Wildman–Crippen MR) is 52.6 cm³/mol. The second kappa shape index (κ2) is 4.08. The number of nitrogens with one attached hydrogen (secondary N) is 1. The molecule has 2 rings (SSSR count). The molecule has 0 aliphatic carbocycles. The van der Waals surface area contributed by atoms with Gasteiger partial charge in [0.2, 0.25) is 0 Å². The van der Waals surface area contributed by atoms with Crippen molar-refractivity contribution in [2.75, 3.05) is 18.8 Å². The lowest BCUT2D eigenvalue weighted by molar-refractivity contribution is 0.111. The van der Waals surface area contributed by atoms with Crippen molar-refractivity contribution in [1.82, 2.24) is 15.3 Å². The maximum atomic E-state index is 13.6. The van der Waals surface area contributed by atoms with Crippen LogP contribution < -0.4 is 11.1 Å². The molecule has 1 saturated heterocycles. The van der Waals surface area contributed by atoms with E-state index in [9.17, 15) is 9.50 Å². The molecule has 1 aromatic heterocycles. The Morgan fingerprint density at radius 2 is 2.33 bits per heavy atom. The minimum absolute atomic E-state index is 0.169. The molecule has 0 saturated carbocycles. The van der Waals surface area contributed by atoms with Crippen LogP contribution in [0.25, 0.3) is 0 Å². The second-order valence-corrected chi connectivity index (χ2v) is 3.62.